The van der Waals surface area contributed by atoms with Crippen LogP contribution in [0.2, 0.25) is 0 Å². The Kier molecular flexibility index (Phi) is 6.77. The molecule has 1 aliphatic rings. The van der Waals surface area contributed by atoms with E-state index in [9.17, 15) is 9.18 Å². The SMILES string of the molecule is CC(C)CC(=O)Nc1ccnn1C1CCN(Cc2nc(-c3ccc(F)cc3)cs2)CC1. The molecule has 4 rings (SSSR count). The molecule has 1 saturated heterocycles. The lowest BCUT2D eigenvalue weighted by Gasteiger charge is -2.32. The predicted octanol–water partition coefficient (Wildman–Crippen LogP) is 4.97. The van der Waals surface area contributed by atoms with Crippen LogP contribution in [0.4, 0.5) is 10.2 Å². The van der Waals surface area contributed by atoms with Gasteiger partial charge in [0.25, 0.3) is 0 Å². The van der Waals surface area contributed by atoms with Gasteiger partial charge in [-0.3, -0.25) is 9.69 Å². The number of piperidine rings is 1. The van der Waals surface area contributed by atoms with Crippen LogP contribution >= 0.6 is 11.3 Å². The average molecular weight is 442 g/mol. The quantitative estimate of drug-likeness (QED) is 0.562. The lowest BCUT2D eigenvalue weighted by molar-refractivity contribution is -0.116. The van der Waals surface area contributed by atoms with Crippen molar-refractivity contribution in [1.29, 1.82) is 0 Å². The number of anilines is 1. The number of rotatable bonds is 7. The molecule has 0 saturated carbocycles. The number of likely N-dealkylation sites (tertiary alicyclic amines) is 1. The molecule has 164 valence electrons. The summed E-state index contributed by atoms with van der Waals surface area (Å²) in [5.41, 5.74) is 1.83. The van der Waals surface area contributed by atoms with Crippen molar-refractivity contribution < 1.29 is 9.18 Å². The van der Waals surface area contributed by atoms with E-state index in [1.165, 1.54) is 12.1 Å². The first-order chi connectivity index (χ1) is 15.0. The van der Waals surface area contributed by atoms with E-state index in [-0.39, 0.29) is 17.8 Å². The van der Waals surface area contributed by atoms with E-state index in [4.69, 9.17) is 4.98 Å². The van der Waals surface area contributed by atoms with Crippen molar-refractivity contribution in [3.8, 4) is 11.3 Å². The minimum atomic E-state index is -0.234. The second-order valence-corrected chi connectivity index (χ2v) is 9.39. The second kappa shape index (κ2) is 9.70. The standard InChI is InChI=1S/C23H28FN5OS/c1-16(2)13-22(30)27-21-7-10-25-29(21)19-8-11-28(12-9-19)14-23-26-20(15-31-23)17-3-5-18(24)6-4-17/h3-7,10,15-16,19H,8-9,11-14H2,1-2H3,(H,27,30). The van der Waals surface area contributed by atoms with E-state index in [1.807, 2.05) is 30.0 Å². The van der Waals surface area contributed by atoms with Gasteiger partial charge in [-0.1, -0.05) is 13.8 Å². The van der Waals surface area contributed by atoms with Crippen molar-refractivity contribution in [2.45, 2.75) is 45.7 Å². The number of amides is 1. The molecule has 1 aliphatic heterocycles. The highest BCUT2D eigenvalue weighted by molar-refractivity contribution is 7.09. The minimum Gasteiger partial charge on any atom is -0.311 e. The van der Waals surface area contributed by atoms with E-state index in [2.05, 4.69) is 15.3 Å². The van der Waals surface area contributed by atoms with Crippen LogP contribution in [0, 0.1) is 11.7 Å². The van der Waals surface area contributed by atoms with Crippen molar-refractivity contribution in [3.05, 3.63) is 52.7 Å². The monoisotopic (exact) mass is 441 g/mol. The number of thiazole rings is 1. The Hall–Kier alpha value is -2.58. The smallest absolute Gasteiger partial charge is 0.225 e. The Morgan fingerprint density at radius 1 is 1.23 bits per heavy atom. The van der Waals surface area contributed by atoms with Crippen molar-refractivity contribution in [3.63, 3.8) is 0 Å². The second-order valence-electron chi connectivity index (χ2n) is 8.45. The van der Waals surface area contributed by atoms with Crippen LogP contribution in [0.1, 0.15) is 44.2 Å². The molecule has 2 aromatic heterocycles. The van der Waals surface area contributed by atoms with Gasteiger partial charge in [-0.2, -0.15) is 5.10 Å². The highest BCUT2D eigenvalue weighted by atomic mass is 32.1. The fraction of sp³-hybridized carbons (Fsp3) is 0.435. The van der Waals surface area contributed by atoms with Gasteiger partial charge in [0.1, 0.15) is 16.6 Å². The lowest BCUT2D eigenvalue weighted by Crippen LogP contribution is -2.35. The summed E-state index contributed by atoms with van der Waals surface area (Å²) in [4.78, 5) is 19.3. The van der Waals surface area contributed by atoms with Crippen LogP contribution in [-0.2, 0) is 11.3 Å². The van der Waals surface area contributed by atoms with E-state index in [1.54, 1.807) is 29.7 Å². The number of hydrogen-bond acceptors (Lipinski definition) is 5. The third kappa shape index (κ3) is 5.57. The average Bonchev–Trinajstić information content (AvgIpc) is 3.38. The summed E-state index contributed by atoms with van der Waals surface area (Å²) < 4.78 is 15.1. The van der Waals surface area contributed by atoms with E-state index >= 15 is 0 Å². The number of nitrogens with zero attached hydrogens (tertiary/aromatic N) is 4. The van der Waals surface area contributed by atoms with E-state index in [0.29, 0.717) is 12.3 Å². The van der Waals surface area contributed by atoms with Gasteiger partial charge in [-0.05, 0) is 43.0 Å². The maximum Gasteiger partial charge on any atom is 0.225 e. The molecule has 0 radical (unpaired) electrons. The van der Waals surface area contributed by atoms with Crippen molar-refractivity contribution in [1.82, 2.24) is 19.7 Å². The maximum atomic E-state index is 13.1. The Bertz CT molecular complexity index is 1010. The van der Waals surface area contributed by atoms with Gasteiger partial charge in [0, 0.05) is 36.5 Å². The molecule has 0 bridgehead atoms. The molecule has 0 spiro atoms. The predicted molar refractivity (Wildman–Crippen MR) is 121 cm³/mol. The molecule has 8 heteroatoms. The third-order valence-corrected chi connectivity index (χ3v) is 6.32. The molecule has 1 fully saturated rings. The zero-order chi connectivity index (χ0) is 21.8. The van der Waals surface area contributed by atoms with E-state index in [0.717, 1.165) is 54.6 Å². The number of carbonyl (C=O) groups is 1. The highest BCUT2D eigenvalue weighted by Crippen LogP contribution is 2.28. The first-order valence-electron chi connectivity index (χ1n) is 10.7. The van der Waals surface area contributed by atoms with Crippen LogP contribution in [0.15, 0.2) is 41.9 Å². The molecule has 0 atom stereocenters. The van der Waals surface area contributed by atoms with Crippen LogP contribution in [-0.4, -0.2) is 38.7 Å². The molecule has 1 N–H and O–H groups in total. The van der Waals surface area contributed by atoms with Gasteiger partial charge in [0.05, 0.1) is 24.5 Å². The molecule has 31 heavy (non-hydrogen) atoms. The zero-order valence-electron chi connectivity index (χ0n) is 17.9. The Morgan fingerprint density at radius 2 is 1.97 bits per heavy atom. The molecule has 1 amide bonds. The maximum absolute atomic E-state index is 13.1. The molecule has 0 aliphatic carbocycles. The van der Waals surface area contributed by atoms with Gasteiger partial charge in [-0.15, -0.1) is 11.3 Å². The normalized spacial score (nSPS) is 15.5. The molecule has 6 nitrogen and oxygen atoms in total. The summed E-state index contributed by atoms with van der Waals surface area (Å²) in [6.45, 7) is 6.80. The Balaban J connectivity index is 1.31. The number of halogens is 1. The summed E-state index contributed by atoms with van der Waals surface area (Å²) in [6, 6.07) is 8.62. The minimum absolute atomic E-state index is 0.0370. The number of benzene rings is 1. The van der Waals surface area contributed by atoms with Crippen molar-refractivity contribution in [2.24, 2.45) is 5.92 Å². The number of carbonyl (C=O) groups excluding carboxylic acids is 1. The fourth-order valence-electron chi connectivity index (χ4n) is 3.92. The molecule has 0 unspecified atom stereocenters. The van der Waals surface area contributed by atoms with Gasteiger partial charge in [0.15, 0.2) is 0 Å². The summed E-state index contributed by atoms with van der Waals surface area (Å²) in [5.74, 6) is 0.916. The Labute approximate surface area is 186 Å². The largest absolute Gasteiger partial charge is 0.311 e. The van der Waals surface area contributed by atoms with Gasteiger partial charge < -0.3 is 5.32 Å². The number of aromatic nitrogens is 3. The molecule has 3 aromatic rings. The third-order valence-electron chi connectivity index (χ3n) is 5.49. The number of hydrogen-bond donors (Lipinski definition) is 1. The van der Waals surface area contributed by atoms with Crippen LogP contribution in [0.25, 0.3) is 11.3 Å². The van der Waals surface area contributed by atoms with Gasteiger partial charge in [-0.25, -0.2) is 14.1 Å². The molecule has 1 aromatic carbocycles. The first kappa shape index (κ1) is 21.6. The van der Waals surface area contributed by atoms with Crippen LogP contribution in [0.5, 0.6) is 0 Å². The fourth-order valence-corrected chi connectivity index (χ4v) is 4.76. The number of nitrogens with one attached hydrogen (secondary N) is 1. The summed E-state index contributed by atoms with van der Waals surface area (Å²) in [7, 11) is 0. The lowest BCUT2D eigenvalue weighted by atomic mass is 10.1. The summed E-state index contributed by atoms with van der Waals surface area (Å²) in [5, 5.41) is 10.6. The van der Waals surface area contributed by atoms with Crippen LogP contribution < -0.4 is 5.32 Å². The first-order valence-corrected chi connectivity index (χ1v) is 11.6. The molecule has 3 heterocycles. The highest BCUT2D eigenvalue weighted by Gasteiger charge is 2.24. The van der Waals surface area contributed by atoms with Crippen molar-refractivity contribution >= 4 is 23.1 Å². The molecular formula is C23H28FN5OS. The van der Waals surface area contributed by atoms with Gasteiger partial charge in [0.2, 0.25) is 5.91 Å². The van der Waals surface area contributed by atoms with Crippen molar-refractivity contribution in [2.75, 3.05) is 18.4 Å². The topological polar surface area (TPSA) is 63.1 Å². The molecular weight excluding hydrogens is 413 g/mol. The Morgan fingerprint density at radius 3 is 2.68 bits per heavy atom. The van der Waals surface area contributed by atoms with Crippen LogP contribution in [0.3, 0.4) is 0 Å². The van der Waals surface area contributed by atoms with E-state index < -0.39 is 0 Å². The summed E-state index contributed by atoms with van der Waals surface area (Å²) >= 11 is 1.64. The van der Waals surface area contributed by atoms with Gasteiger partial charge >= 0.3 is 0 Å². The zero-order valence-corrected chi connectivity index (χ0v) is 18.7. The summed E-state index contributed by atoms with van der Waals surface area (Å²) in [6.07, 6.45) is 4.22.